The van der Waals surface area contributed by atoms with Crippen molar-refractivity contribution in [2.24, 2.45) is 0 Å². The predicted molar refractivity (Wildman–Crippen MR) is 83.7 cm³/mol. The highest BCUT2D eigenvalue weighted by Gasteiger charge is 2.21. The van der Waals surface area contributed by atoms with Gasteiger partial charge in [0, 0.05) is 12.7 Å². The van der Waals surface area contributed by atoms with E-state index in [2.05, 4.69) is 11.8 Å². The van der Waals surface area contributed by atoms with E-state index in [1.807, 2.05) is 0 Å². The minimum Gasteiger partial charge on any atom is -0.462 e. The molecular formula is C17H15F2NO4. The molecule has 2 rings (SSSR count). The van der Waals surface area contributed by atoms with Crippen molar-refractivity contribution in [3.05, 3.63) is 45.2 Å². The molecular weight excluding hydrogens is 320 g/mol. The highest BCUT2D eigenvalue weighted by Crippen LogP contribution is 2.22. The Hall–Kier alpha value is -2.72. The summed E-state index contributed by atoms with van der Waals surface area (Å²) in [5.74, 6) is 1.46. The third kappa shape index (κ3) is 3.01. The van der Waals surface area contributed by atoms with Gasteiger partial charge < -0.3 is 14.4 Å². The number of carbonyl (C=O) groups is 1. The molecule has 0 radical (unpaired) electrons. The SMILES string of the molecule is CCOC(=O)c1cn(CC)c2c(F)c(C#CCO)c(F)cc2c1=O. The molecule has 0 aliphatic carbocycles. The molecule has 1 heterocycles. The number of esters is 1. The Labute approximate surface area is 136 Å². The topological polar surface area (TPSA) is 68.5 Å². The summed E-state index contributed by atoms with van der Waals surface area (Å²) in [6.45, 7) is 3.02. The maximum Gasteiger partial charge on any atom is 0.343 e. The lowest BCUT2D eigenvalue weighted by atomic mass is 10.1. The van der Waals surface area contributed by atoms with Gasteiger partial charge in [0.25, 0.3) is 0 Å². The van der Waals surface area contributed by atoms with Gasteiger partial charge in [-0.15, -0.1) is 0 Å². The molecule has 0 saturated carbocycles. The van der Waals surface area contributed by atoms with Crippen molar-refractivity contribution in [1.82, 2.24) is 4.57 Å². The number of aromatic nitrogens is 1. The molecule has 0 amide bonds. The number of aliphatic hydroxyl groups is 1. The zero-order chi connectivity index (χ0) is 17.9. The molecule has 0 aliphatic heterocycles. The number of carbonyl (C=O) groups excluding carboxylic acids is 1. The molecule has 0 atom stereocenters. The van der Waals surface area contributed by atoms with Gasteiger partial charge in [0.1, 0.15) is 18.0 Å². The first-order valence-corrected chi connectivity index (χ1v) is 7.28. The standard InChI is InChI=1S/C17H15F2NO4/c1-3-20-9-12(17(23)24-4-2)16(22)11-8-13(18)10(6-5-7-21)14(19)15(11)20/h8-9,21H,3-4,7H2,1-2H3. The highest BCUT2D eigenvalue weighted by atomic mass is 19.1. The first-order valence-electron chi connectivity index (χ1n) is 7.28. The number of aryl methyl sites for hydroxylation is 1. The van der Waals surface area contributed by atoms with Crippen molar-refractivity contribution in [2.45, 2.75) is 20.4 Å². The van der Waals surface area contributed by atoms with E-state index in [0.717, 1.165) is 6.07 Å². The van der Waals surface area contributed by atoms with Crippen molar-refractivity contribution < 1.29 is 23.4 Å². The number of rotatable bonds is 3. The summed E-state index contributed by atoms with van der Waals surface area (Å²) in [7, 11) is 0. The summed E-state index contributed by atoms with van der Waals surface area (Å²) in [4.78, 5) is 24.3. The Balaban J connectivity index is 2.89. The number of hydrogen-bond donors (Lipinski definition) is 1. The van der Waals surface area contributed by atoms with Crippen molar-refractivity contribution in [2.75, 3.05) is 13.2 Å². The number of halogens is 2. The van der Waals surface area contributed by atoms with Crippen LogP contribution in [0.1, 0.15) is 29.8 Å². The van der Waals surface area contributed by atoms with Gasteiger partial charge in [-0.05, 0) is 19.9 Å². The lowest BCUT2D eigenvalue weighted by molar-refractivity contribution is 0.0524. The molecule has 2 aromatic rings. The van der Waals surface area contributed by atoms with E-state index in [-0.39, 0.29) is 29.6 Å². The van der Waals surface area contributed by atoms with Crippen LogP contribution in [-0.4, -0.2) is 28.9 Å². The second-order valence-electron chi connectivity index (χ2n) is 4.78. The van der Waals surface area contributed by atoms with Crippen LogP contribution < -0.4 is 5.43 Å². The minimum atomic E-state index is -1.04. The zero-order valence-corrected chi connectivity index (χ0v) is 13.2. The first kappa shape index (κ1) is 17.6. The molecule has 0 spiro atoms. The minimum absolute atomic E-state index is 0.0703. The quantitative estimate of drug-likeness (QED) is 0.686. The summed E-state index contributed by atoms with van der Waals surface area (Å²) in [6.07, 6.45) is 1.19. The number of hydrogen-bond acceptors (Lipinski definition) is 4. The molecule has 24 heavy (non-hydrogen) atoms. The van der Waals surface area contributed by atoms with Crippen molar-refractivity contribution in [3.63, 3.8) is 0 Å². The Kier molecular flexibility index (Phi) is 5.31. The predicted octanol–water partition coefficient (Wildman–Crippen LogP) is 1.82. The van der Waals surface area contributed by atoms with Gasteiger partial charge in [-0.1, -0.05) is 11.8 Å². The third-order valence-corrected chi connectivity index (χ3v) is 3.38. The number of benzene rings is 1. The van der Waals surface area contributed by atoms with E-state index in [9.17, 15) is 18.4 Å². The molecule has 7 heteroatoms. The largest absolute Gasteiger partial charge is 0.462 e. The van der Waals surface area contributed by atoms with E-state index in [4.69, 9.17) is 9.84 Å². The molecule has 5 nitrogen and oxygen atoms in total. The molecule has 0 fully saturated rings. The van der Waals surface area contributed by atoms with Crippen molar-refractivity contribution in [1.29, 1.82) is 0 Å². The van der Waals surface area contributed by atoms with Gasteiger partial charge in [-0.2, -0.15) is 0 Å². The number of nitrogens with zero attached hydrogens (tertiary/aromatic N) is 1. The summed E-state index contributed by atoms with van der Waals surface area (Å²) < 4.78 is 34.9. The maximum atomic E-state index is 14.7. The zero-order valence-electron chi connectivity index (χ0n) is 13.2. The van der Waals surface area contributed by atoms with E-state index in [1.165, 1.54) is 10.8 Å². The first-order chi connectivity index (χ1) is 11.5. The van der Waals surface area contributed by atoms with Crippen LogP contribution in [-0.2, 0) is 11.3 Å². The van der Waals surface area contributed by atoms with Crippen LogP contribution in [0.2, 0.25) is 0 Å². The average Bonchev–Trinajstić information content (AvgIpc) is 2.55. The lowest BCUT2D eigenvalue weighted by Gasteiger charge is -2.13. The van der Waals surface area contributed by atoms with Gasteiger partial charge in [0.15, 0.2) is 5.82 Å². The van der Waals surface area contributed by atoms with E-state index < -0.39 is 35.2 Å². The summed E-state index contributed by atoms with van der Waals surface area (Å²) in [5.41, 5.74) is -1.80. The average molecular weight is 335 g/mol. The molecule has 0 saturated heterocycles. The van der Waals surface area contributed by atoms with Gasteiger partial charge in [-0.25, -0.2) is 13.6 Å². The van der Waals surface area contributed by atoms with Crippen molar-refractivity contribution in [3.8, 4) is 11.8 Å². The van der Waals surface area contributed by atoms with Crippen LogP contribution >= 0.6 is 0 Å². The van der Waals surface area contributed by atoms with Crippen LogP contribution in [0, 0.1) is 23.5 Å². The summed E-state index contributed by atoms with van der Waals surface area (Å²) in [5, 5.41) is 8.42. The molecule has 0 bridgehead atoms. The molecule has 1 aromatic heterocycles. The molecule has 0 unspecified atom stereocenters. The van der Waals surface area contributed by atoms with Crippen LogP contribution in [0.5, 0.6) is 0 Å². The third-order valence-electron chi connectivity index (χ3n) is 3.38. The Morgan fingerprint density at radius 2 is 2.08 bits per heavy atom. The highest BCUT2D eigenvalue weighted by molar-refractivity contribution is 5.94. The Morgan fingerprint density at radius 1 is 1.38 bits per heavy atom. The van der Waals surface area contributed by atoms with Crippen molar-refractivity contribution >= 4 is 16.9 Å². The van der Waals surface area contributed by atoms with Gasteiger partial charge >= 0.3 is 5.97 Å². The Bertz CT molecular complexity index is 922. The van der Waals surface area contributed by atoms with Crippen LogP contribution in [0.4, 0.5) is 8.78 Å². The van der Waals surface area contributed by atoms with Crippen LogP contribution in [0.15, 0.2) is 17.1 Å². The molecule has 1 aromatic carbocycles. The number of fused-ring (bicyclic) bond motifs is 1. The molecule has 1 N–H and O–H groups in total. The van der Waals surface area contributed by atoms with Crippen LogP contribution in [0.3, 0.4) is 0 Å². The van der Waals surface area contributed by atoms with Crippen LogP contribution in [0.25, 0.3) is 10.9 Å². The van der Waals surface area contributed by atoms with E-state index >= 15 is 0 Å². The summed E-state index contributed by atoms with van der Waals surface area (Å²) >= 11 is 0. The van der Waals surface area contributed by atoms with Gasteiger partial charge in [0.05, 0.1) is 23.1 Å². The maximum absolute atomic E-state index is 14.7. The van der Waals surface area contributed by atoms with E-state index in [1.54, 1.807) is 13.8 Å². The molecule has 126 valence electrons. The smallest absolute Gasteiger partial charge is 0.343 e. The lowest BCUT2D eigenvalue weighted by Crippen LogP contribution is -2.22. The normalized spacial score (nSPS) is 10.4. The van der Waals surface area contributed by atoms with E-state index in [0.29, 0.717) is 0 Å². The fraction of sp³-hybridized carbons (Fsp3) is 0.294. The van der Waals surface area contributed by atoms with Gasteiger partial charge in [-0.3, -0.25) is 4.79 Å². The molecule has 0 aliphatic rings. The second-order valence-corrected chi connectivity index (χ2v) is 4.78. The van der Waals surface area contributed by atoms with Gasteiger partial charge in [0.2, 0.25) is 5.43 Å². The second kappa shape index (κ2) is 7.23. The summed E-state index contributed by atoms with van der Waals surface area (Å²) in [6, 6.07) is 0.844. The number of pyridine rings is 1. The number of ether oxygens (including phenoxy) is 1. The Morgan fingerprint density at radius 3 is 2.67 bits per heavy atom. The monoisotopic (exact) mass is 335 g/mol. The number of aliphatic hydroxyl groups excluding tert-OH is 1. The fourth-order valence-corrected chi connectivity index (χ4v) is 2.33. The fourth-order valence-electron chi connectivity index (χ4n) is 2.33.